The van der Waals surface area contributed by atoms with Crippen LogP contribution < -0.4 is 10.1 Å². The lowest BCUT2D eigenvalue weighted by Gasteiger charge is -2.22. The van der Waals surface area contributed by atoms with Crippen molar-refractivity contribution in [3.05, 3.63) is 52.2 Å². The van der Waals surface area contributed by atoms with Crippen molar-refractivity contribution >= 4 is 11.3 Å². The topological polar surface area (TPSA) is 21.3 Å². The minimum Gasteiger partial charge on any atom is -0.492 e. The van der Waals surface area contributed by atoms with Crippen LogP contribution in [-0.2, 0) is 12.0 Å². The van der Waals surface area contributed by atoms with E-state index in [0.717, 1.165) is 18.8 Å². The average molecular weight is 289 g/mol. The van der Waals surface area contributed by atoms with Crippen LogP contribution in [0.1, 0.15) is 31.2 Å². The standard InChI is InChI=1S/C17H23NOS/c1-17(2,3)15-8-4-5-9-16(15)19-11-10-18-13-14-7-6-12-20-14/h4-9,12,18H,10-11,13H2,1-3H3. The molecule has 2 aromatic rings. The van der Waals surface area contributed by atoms with Gasteiger partial charge in [0, 0.05) is 18.0 Å². The lowest BCUT2D eigenvalue weighted by molar-refractivity contribution is 0.305. The summed E-state index contributed by atoms with van der Waals surface area (Å²) in [6.45, 7) is 9.11. The molecular formula is C17H23NOS. The average Bonchev–Trinajstić information content (AvgIpc) is 2.91. The van der Waals surface area contributed by atoms with E-state index < -0.39 is 0 Å². The number of para-hydroxylation sites is 1. The Balaban J connectivity index is 1.79. The first-order valence-corrected chi connectivity index (χ1v) is 7.91. The number of rotatable bonds is 6. The molecule has 0 amide bonds. The molecule has 0 radical (unpaired) electrons. The van der Waals surface area contributed by atoms with Crippen LogP contribution in [0.3, 0.4) is 0 Å². The fourth-order valence-corrected chi connectivity index (χ4v) is 2.74. The van der Waals surface area contributed by atoms with E-state index in [1.165, 1.54) is 10.4 Å². The SMILES string of the molecule is CC(C)(C)c1ccccc1OCCNCc1cccs1. The predicted octanol–water partition coefficient (Wildman–Crippen LogP) is 4.21. The van der Waals surface area contributed by atoms with Gasteiger partial charge in [-0.2, -0.15) is 0 Å². The Morgan fingerprint density at radius 3 is 2.60 bits per heavy atom. The smallest absolute Gasteiger partial charge is 0.123 e. The second kappa shape index (κ2) is 6.91. The second-order valence-electron chi connectivity index (χ2n) is 5.85. The van der Waals surface area contributed by atoms with E-state index in [2.05, 4.69) is 61.8 Å². The van der Waals surface area contributed by atoms with E-state index in [1.54, 1.807) is 11.3 Å². The number of hydrogen-bond acceptors (Lipinski definition) is 3. The minimum absolute atomic E-state index is 0.112. The van der Waals surface area contributed by atoms with Crippen LogP contribution in [0, 0.1) is 0 Å². The van der Waals surface area contributed by atoms with E-state index in [0.29, 0.717) is 6.61 Å². The summed E-state index contributed by atoms with van der Waals surface area (Å²) in [5, 5.41) is 5.51. The monoisotopic (exact) mass is 289 g/mol. The van der Waals surface area contributed by atoms with E-state index in [9.17, 15) is 0 Å². The predicted molar refractivity (Wildman–Crippen MR) is 86.7 cm³/mol. The third kappa shape index (κ3) is 4.36. The first-order valence-electron chi connectivity index (χ1n) is 7.03. The highest BCUT2D eigenvalue weighted by Crippen LogP contribution is 2.30. The summed E-state index contributed by atoms with van der Waals surface area (Å²) in [7, 11) is 0. The molecule has 3 heteroatoms. The van der Waals surface area contributed by atoms with Gasteiger partial charge in [0.2, 0.25) is 0 Å². The highest BCUT2D eigenvalue weighted by atomic mass is 32.1. The molecule has 1 aromatic heterocycles. The van der Waals surface area contributed by atoms with Gasteiger partial charge < -0.3 is 10.1 Å². The summed E-state index contributed by atoms with van der Waals surface area (Å²) in [5.41, 5.74) is 1.37. The van der Waals surface area contributed by atoms with Crippen LogP contribution >= 0.6 is 11.3 Å². The van der Waals surface area contributed by atoms with Gasteiger partial charge in [-0.3, -0.25) is 0 Å². The summed E-state index contributed by atoms with van der Waals surface area (Å²) >= 11 is 1.78. The zero-order chi connectivity index (χ0) is 14.4. The fraction of sp³-hybridized carbons (Fsp3) is 0.412. The van der Waals surface area contributed by atoms with E-state index >= 15 is 0 Å². The Kier molecular flexibility index (Phi) is 5.21. The molecule has 0 saturated heterocycles. The van der Waals surface area contributed by atoms with Crippen LogP contribution in [0.2, 0.25) is 0 Å². The Morgan fingerprint density at radius 2 is 1.90 bits per heavy atom. The molecule has 0 aliphatic heterocycles. The third-order valence-electron chi connectivity index (χ3n) is 3.11. The zero-order valence-corrected chi connectivity index (χ0v) is 13.3. The molecule has 1 N–H and O–H groups in total. The van der Waals surface area contributed by atoms with Crippen molar-refractivity contribution < 1.29 is 4.74 Å². The molecule has 0 bridgehead atoms. The van der Waals surface area contributed by atoms with Gasteiger partial charge in [0.05, 0.1) is 0 Å². The van der Waals surface area contributed by atoms with Crippen LogP contribution in [0.5, 0.6) is 5.75 Å². The van der Waals surface area contributed by atoms with Gasteiger partial charge in [0.15, 0.2) is 0 Å². The molecule has 0 spiro atoms. The molecule has 1 aromatic carbocycles. The van der Waals surface area contributed by atoms with Gasteiger partial charge in [-0.1, -0.05) is 45.0 Å². The highest BCUT2D eigenvalue weighted by molar-refractivity contribution is 7.09. The maximum Gasteiger partial charge on any atom is 0.123 e. The van der Waals surface area contributed by atoms with Crippen LogP contribution in [0.25, 0.3) is 0 Å². The molecule has 0 atom stereocenters. The van der Waals surface area contributed by atoms with Gasteiger partial charge >= 0.3 is 0 Å². The first kappa shape index (κ1) is 15.1. The molecule has 0 fully saturated rings. The molecule has 0 saturated carbocycles. The Hall–Kier alpha value is -1.32. The molecule has 1 heterocycles. The molecule has 0 aliphatic carbocycles. The van der Waals surface area contributed by atoms with Gasteiger partial charge in [-0.15, -0.1) is 11.3 Å². The number of ether oxygens (including phenoxy) is 1. The molecular weight excluding hydrogens is 266 g/mol. The Bertz CT molecular complexity index is 514. The fourth-order valence-electron chi connectivity index (χ4n) is 2.07. The summed E-state index contributed by atoms with van der Waals surface area (Å²) in [6.07, 6.45) is 0. The van der Waals surface area contributed by atoms with Gasteiger partial charge in [-0.25, -0.2) is 0 Å². The maximum absolute atomic E-state index is 5.92. The van der Waals surface area contributed by atoms with E-state index in [1.807, 2.05) is 6.07 Å². The molecule has 2 rings (SSSR count). The first-order chi connectivity index (χ1) is 9.57. The Morgan fingerprint density at radius 1 is 1.10 bits per heavy atom. The van der Waals surface area contributed by atoms with Crippen molar-refractivity contribution in [1.82, 2.24) is 5.32 Å². The van der Waals surface area contributed by atoms with Crippen molar-refractivity contribution in [2.75, 3.05) is 13.2 Å². The lowest BCUT2D eigenvalue weighted by atomic mass is 9.86. The van der Waals surface area contributed by atoms with Gasteiger partial charge in [0.25, 0.3) is 0 Å². The van der Waals surface area contributed by atoms with Crippen molar-refractivity contribution in [3.63, 3.8) is 0 Å². The largest absolute Gasteiger partial charge is 0.492 e. The van der Waals surface area contributed by atoms with Crippen LogP contribution in [-0.4, -0.2) is 13.2 Å². The minimum atomic E-state index is 0.112. The van der Waals surface area contributed by atoms with Crippen molar-refractivity contribution in [2.24, 2.45) is 0 Å². The molecule has 0 aliphatic rings. The summed E-state index contributed by atoms with van der Waals surface area (Å²) in [6, 6.07) is 12.5. The number of thiophene rings is 1. The lowest BCUT2D eigenvalue weighted by Crippen LogP contribution is -2.21. The van der Waals surface area contributed by atoms with Gasteiger partial charge in [-0.05, 0) is 28.5 Å². The molecule has 2 nitrogen and oxygen atoms in total. The highest BCUT2D eigenvalue weighted by Gasteiger charge is 2.18. The van der Waals surface area contributed by atoms with Crippen LogP contribution in [0.15, 0.2) is 41.8 Å². The summed E-state index contributed by atoms with van der Waals surface area (Å²) < 4.78 is 5.92. The summed E-state index contributed by atoms with van der Waals surface area (Å²) in [5.74, 6) is 0.998. The quantitative estimate of drug-likeness (QED) is 0.804. The molecule has 0 unspecified atom stereocenters. The van der Waals surface area contributed by atoms with Gasteiger partial charge in [0.1, 0.15) is 12.4 Å². The van der Waals surface area contributed by atoms with Crippen LogP contribution in [0.4, 0.5) is 0 Å². The summed E-state index contributed by atoms with van der Waals surface area (Å²) in [4.78, 5) is 1.36. The van der Waals surface area contributed by atoms with Crippen molar-refractivity contribution in [2.45, 2.75) is 32.7 Å². The molecule has 108 valence electrons. The van der Waals surface area contributed by atoms with Crippen molar-refractivity contribution in [3.8, 4) is 5.75 Å². The molecule has 20 heavy (non-hydrogen) atoms. The zero-order valence-electron chi connectivity index (χ0n) is 12.5. The number of nitrogens with one attached hydrogen (secondary N) is 1. The van der Waals surface area contributed by atoms with Crippen molar-refractivity contribution in [1.29, 1.82) is 0 Å². The maximum atomic E-state index is 5.92. The normalized spacial score (nSPS) is 11.6. The number of benzene rings is 1. The third-order valence-corrected chi connectivity index (χ3v) is 3.99. The Labute approximate surface area is 125 Å². The van der Waals surface area contributed by atoms with E-state index in [-0.39, 0.29) is 5.41 Å². The van der Waals surface area contributed by atoms with E-state index in [4.69, 9.17) is 4.74 Å². The number of hydrogen-bond donors (Lipinski definition) is 1. The second-order valence-corrected chi connectivity index (χ2v) is 6.88.